The van der Waals surface area contributed by atoms with E-state index < -0.39 is 30.1 Å². The number of ether oxygens (including phenoxy) is 1. The van der Waals surface area contributed by atoms with Crippen LogP contribution in [0, 0.1) is 0 Å². The van der Waals surface area contributed by atoms with E-state index in [9.17, 15) is 19.5 Å². The summed E-state index contributed by atoms with van der Waals surface area (Å²) in [6.45, 7) is 4.13. The maximum atomic E-state index is 13.1. The zero-order valence-electron chi connectivity index (χ0n) is 18.0. The van der Waals surface area contributed by atoms with Crippen LogP contribution in [0.5, 0.6) is 0 Å². The number of nitrogens with one attached hydrogen (secondary N) is 1. The molecule has 2 N–H and O–H groups in total. The van der Waals surface area contributed by atoms with Crippen LogP contribution < -0.4 is 5.32 Å². The van der Waals surface area contributed by atoms with Gasteiger partial charge in [-0.25, -0.2) is 4.79 Å². The van der Waals surface area contributed by atoms with E-state index in [1.54, 1.807) is 13.8 Å². The number of carboxylic acids is 1. The number of carboxylic acid groups (broad SMARTS) is 1. The van der Waals surface area contributed by atoms with Crippen molar-refractivity contribution in [2.75, 3.05) is 13.2 Å². The number of benzene rings is 1. The summed E-state index contributed by atoms with van der Waals surface area (Å²) in [5, 5.41) is 12.7. The molecule has 1 amide bonds. The first-order valence-corrected chi connectivity index (χ1v) is 10.9. The molecule has 1 aromatic rings. The highest BCUT2D eigenvalue weighted by molar-refractivity contribution is 5.87. The summed E-state index contributed by atoms with van der Waals surface area (Å²) in [7, 11) is 0. The Hall–Kier alpha value is -2.41. The summed E-state index contributed by atoms with van der Waals surface area (Å²) in [5.41, 5.74) is 1.10. The maximum Gasteiger partial charge on any atom is 0.326 e. The Labute approximate surface area is 178 Å². The van der Waals surface area contributed by atoms with Crippen LogP contribution in [0.25, 0.3) is 0 Å². The second-order valence-corrected chi connectivity index (χ2v) is 7.81. The minimum Gasteiger partial charge on any atom is -0.480 e. The minimum atomic E-state index is -0.969. The number of amides is 1. The maximum absolute atomic E-state index is 13.1. The first-order chi connectivity index (χ1) is 14.4. The fraction of sp³-hybridized carbons (Fsp3) is 0.609. The zero-order valence-corrected chi connectivity index (χ0v) is 18.0. The van der Waals surface area contributed by atoms with E-state index in [0.717, 1.165) is 31.2 Å². The van der Waals surface area contributed by atoms with Crippen LogP contribution in [-0.4, -0.2) is 59.1 Å². The molecule has 0 radical (unpaired) electrons. The van der Waals surface area contributed by atoms with Gasteiger partial charge in [-0.05, 0) is 45.1 Å². The van der Waals surface area contributed by atoms with Gasteiger partial charge in [0.05, 0.1) is 12.6 Å². The number of carbonyl (C=O) groups excluding carboxylic acids is 2. The molecule has 1 aliphatic rings. The molecule has 7 nitrogen and oxygen atoms in total. The summed E-state index contributed by atoms with van der Waals surface area (Å²) in [5.74, 6) is -1.64. The first kappa shape index (κ1) is 23.9. The topological polar surface area (TPSA) is 95.9 Å². The number of likely N-dealkylation sites (tertiary alicyclic amines) is 1. The van der Waals surface area contributed by atoms with Crippen molar-refractivity contribution in [1.82, 2.24) is 10.2 Å². The van der Waals surface area contributed by atoms with Crippen LogP contribution in [0.15, 0.2) is 30.3 Å². The van der Waals surface area contributed by atoms with Gasteiger partial charge < -0.3 is 14.7 Å². The van der Waals surface area contributed by atoms with Gasteiger partial charge in [0.2, 0.25) is 5.91 Å². The third kappa shape index (κ3) is 7.13. The van der Waals surface area contributed by atoms with Crippen LogP contribution in [-0.2, 0) is 25.5 Å². The lowest BCUT2D eigenvalue weighted by molar-refractivity contribution is -0.152. The van der Waals surface area contributed by atoms with E-state index in [1.165, 1.54) is 4.90 Å². The normalized spacial score (nSPS) is 19.3. The average Bonchev–Trinajstić information content (AvgIpc) is 2.71. The molecule has 1 aliphatic heterocycles. The van der Waals surface area contributed by atoms with Crippen molar-refractivity contribution in [3.05, 3.63) is 35.9 Å². The van der Waals surface area contributed by atoms with Crippen LogP contribution in [0.1, 0.15) is 57.9 Å². The number of rotatable bonds is 9. The van der Waals surface area contributed by atoms with Gasteiger partial charge in [0, 0.05) is 6.54 Å². The summed E-state index contributed by atoms with van der Waals surface area (Å²) in [6.07, 6.45) is 5.18. The molecular weight excluding hydrogens is 384 g/mol. The smallest absolute Gasteiger partial charge is 0.326 e. The van der Waals surface area contributed by atoms with Crippen molar-refractivity contribution in [3.63, 3.8) is 0 Å². The van der Waals surface area contributed by atoms with Gasteiger partial charge in [0.1, 0.15) is 12.1 Å². The monoisotopic (exact) mass is 418 g/mol. The van der Waals surface area contributed by atoms with Crippen molar-refractivity contribution in [2.24, 2.45) is 0 Å². The van der Waals surface area contributed by atoms with Crippen molar-refractivity contribution < 1.29 is 24.2 Å². The molecule has 7 heteroatoms. The van der Waals surface area contributed by atoms with Gasteiger partial charge in [-0.1, -0.05) is 49.6 Å². The van der Waals surface area contributed by atoms with E-state index in [0.29, 0.717) is 25.8 Å². The number of hydrogen-bond donors (Lipinski definition) is 2. The van der Waals surface area contributed by atoms with Crippen molar-refractivity contribution in [3.8, 4) is 0 Å². The van der Waals surface area contributed by atoms with E-state index in [2.05, 4.69) is 5.32 Å². The highest BCUT2D eigenvalue weighted by Gasteiger charge is 2.34. The van der Waals surface area contributed by atoms with Gasteiger partial charge in [-0.2, -0.15) is 0 Å². The van der Waals surface area contributed by atoms with E-state index >= 15 is 0 Å². The van der Waals surface area contributed by atoms with E-state index in [1.807, 2.05) is 30.3 Å². The number of carbonyl (C=O) groups is 3. The van der Waals surface area contributed by atoms with Crippen LogP contribution >= 0.6 is 0 Å². The van der Waals surface area contributed by atoms with Gasteiger partial charge in [-0.3, -0.25) is 14.9 Å². The molecule has 0 bridgehead atoms. The summed E-state index contributed by atoms with van der Waals surface area (Å²) in [4.78, 5) is 38.8. The second-order valence-electron chi connectivity index (χ2n) is 7.81. The number of esters is 1. The summed E-state index contributed by atoms with van der Waals surface area (Å²) in [6, 6.07) is 7.69. The van der Waals surface area contributed by atoms with Crippen molar-refractivity contribution in [1.29, 1.82) is 0 Å². The Kier molecular flexibility index (Phi) is 9.80. The molecular formula is C23H34N2O5. The number of nitrogens with zero attached hydrogens (tertiary/aromatic N) is 1. The lowest BCUT2D eigenvalue weighted by atomic mass is 10.0. The van der Waals surface area contributed by atoms with Gasteiger partial charge in [-0.15, -0.1) is 0 Å². The molecule has 30 heavy (non-hydrogen) atoms. The Balaban J connectivity index is 2.07. The molecule has 2 rings (SSSR count). The van der Waals surface area contributed by atoms with E-state index in [-0.39, 0.29) is 12.5 Å². The molecule has 1 aromatic carbocycles. The molecule has 3 atom stereocenters. The number of hydrogen-bond acceptors (Lipinski definition) is 5. The molecule has 1 unspecified atom stereocenters. The highest BCUT2D eigenvalue weighted by atomic mass is 16.5. The Morgan fingerprint density at radius 3 is 2.53 bits per heavy atom. The molecule has 0 aromatic heterocycles. The second kappa shape index (κ2) is 12.3. The predicted molar refractivity (Wildman–Crippen MR) is 114 cm³/mol. The molecule has 0 aliphatic carbocycles. The van der Waals surface area contributed by atoms with Gasteiger partial charge >= 0.3 is 11.9 Å². The Morgan fingerprint density at radius 1 is 1.17 bits per heavy atom. The fourth-order valence-corrected chi connectivity index (χ4v) is 3.90. The van der Waals surface area contributed by atoms with Crippen molar-refractivity contribution >= 4 is 17.8 Å². The third-order valence-corrected chi connectivity index (χ3v) is 5.53. The zero-order chi connectivity index (χ0) is 21.9. The van der Waals surface area contributed by atoms with Gasteiger partial charge in [0.25, 0.3) is 0 Å². The molecule has 0 saturated carbocycles. The fourth-order valence-electron chi connectivity index (χ4n) is 3.90. The molecule has 1 saturated heterocycles. The minimum absolute atomic E-state index is 0.262. The van der Waals surface area contributed by atoms with Crippen molar-refractivity contribution in [2.45, 2.75) is 76.9 Å². The third-order valence-electron chi connectivity index (χ3n) is 5.53. The van der Waals surface area contributed by atoms with E-state index in [4.69, 9.17) is 4.74 Å². The Bertz CT molecular complexity index is 694. The Morgan fingerprint density at radius 2 is 1.87 bits per heavy atom. The lowest BCUT2D eigenvalue weighted by Gasteiger charge is -2.34. The lowest BCUT2D eigenvalue weighted by Crippen LogP contribution is -2.55. The van der Waals surface area contributed by atoms with Crippen LogP contribution in [0.4, 0.5) is 0 Å². The molecule has 1 fully saturated rings. The highest BCUT2D eigenvalue weighted by Crippen LogP contribution is 2.18. The quantitative estimate of drug-likeness (QED) is 0.599. The number of aliphatic carboxylic acids is 1. The summed E-state index contributed by atoms with van der Waals surface area (Å²) >= 11 is 0. The number of aryl methyl sites for hydroxylation is 1. The van der Waals surface area contributed by atoms with Crippen LogP contribution in [0.3, 0.4) is 0 Å². The SMILES string of the molecule is CCOC(=O)[C@H](CCc1ccccc1)N[C@@H](C)C(=O)N1CCCCCCC1C(=O)O. The molecule has 0 spiro atoms. The molecule has 166 valence electrons. The van der Waals surface area contributed by atoms with Crippen LogP contribution in [0.2, 0.25) is 0 Å². The largest absolute Gasteiger partial charge is 0.480 e. The van der Waals surface area contributed by atoms with Gasteiger partial charge in [0.15, 0.2) is 0 Å². The molecule has 1 heterocycles. The summed E-state index contributed by atoms with van der Waals surface area (Å²) < 4.78 is 5.19. The average molecular weight is 419 g/mol. The predicted octanol–water partition coefficient (Wildman–Crippen LogP) is 2.77. The standard InChI is InChI=1S/C23H34N2O5/c1-3-30-23(29)19(15-14-18-11-7-6-8-12-18)24-17(2)21(26)25-16-10-5-4-9-13-20(25)22(27)28/h6-8,11-12,17,19-20,24H,3-5,9-10,13-16H2,1-2H3,(H,27,28)/t17-,19-,20?/m0/s1. The first-order valence-electron chi connectivity index (χ1n) is 10.9.